The standard InChI is InChI=1S/C17H13ClN4O3S2/c18-12-5-6-15(26-9-16-19-10-20-21-16)13(8-12)22-27(23,24)17-7-11-3-1-2-4-14(11)25-17/h1-8,10,22H,9H2,(H,19,20,21). The first-order chi connectivity index (χ1) is 13.0. The largest absolute Gasteiger partial charge is 0.443 e. The third kappa shape index (κ3) is 3.95. The number of furan rings is 1. The van der Waals surface area contributed by atoms with Gasteiger partial charge in [-0.3, -0.25) is 9.82 Å². The van der Waals surface area contributed by atoms with E-state index in [1.54, 1.807) is 36.4 Å². The summed E-state index contributed by atoms with van der Waals surface area (Å²) >= 11 is 7.46. The first-order valence-corrected chi connectivity index (χ1v) is 10.6. The van der Waals surface area contributed by atoms with Crippen LogP contribution in [0, 0.1) is 0 Å². The highest BCUT2D eigenvalue weighted by Crippen LogP contribution is 2.33. The number of aromatic nitrogens is 3. The molecule has 27 heavy (non-hydrogen) atoms. The molecule has 0 aliphatic rings. The van der Waals surface area contributed by atoms with Crippen LogP contribution in [0.25, 0.3) is 11.0 Å². The summed E-state index contributed by atoms with van der Waals surface area (Å²) in [5, 5.41) is 7.53. The summed E-state index contributed by atoms with van der Waals surface area (Å²) in [6.07, 6.45) is 1.42. The highest BCUT2D eigenvalue weighted by molar-refractivity contribution is 7.98. The van der Waals surface area contributed by atoms with E-state index in [-0.39, 0.29) is 5.09 Å². The lowest BCUT2D eigenvalue weighted by atomic mass is 10.3. The number of fused-ring (bicyclic) bond motifs is 1. The van der Waals surface area contributed by atoms with Gasteiger partial charge in [-0.15, -0.1) is 11.8 Å². The Morgan fingerprint density at radius 2 is 2.04 bits per heavy atom. The molecule has 7 nitrogen and oxygen atoms in total. The Hall–Kier alpha value is -2.49. The number of rotatable bonds is 6. The second kappa shape index (κ2) is 7.26. The summed E-state index contributed by atoms with van der Waals surface area (Å²) in [5.41, 5.74) is 0.872. The molecule has 10 heteroatoms. The van der Waals surface area contributed by atoms with Gasteiger partial charge in [0.15, 0.2) is 0 Å². The monoisotopic (exact) mass is 420 g/mol. The number of sulfonamides is 1. The predicted octanol–water partition coefficient (Wildman–Crippen LogP) is 4.30. The lowest BCUT2D eigenvalue weighted by Crippen LogP contribution is -2.12. The number of hydrogen-bond acceptors (Lipinski definition) is 6. The molecule has 4 rings (SSSR count). The van der Waals surface area contributed by atoms with Crippen molar-refractivity contribution >= 4 is 50.0 Å². The van der Waals surface area contributed by atoms with Gasteiger partial charge in [0.05, 0.1) is 11.4 Å². The molecule has 0 amide bonds. The number of halogens is 1. The van der Waals surface area contributed by atoms with Crippen LogP contribution in [0.2, 0.25) is 5.02 Å². The van der Waals surface area contributed by atoms with E-state index in [0.29, 0.717) is 38.2 Å². The van der Waals surface area contributed by atoms with Crippen LogP contribution in [0.4, 0.5) is 5.69 Å². The van der Waals surface area contributed by atoms with Gasteiger partial charge in [-0.25, -0.2) is 4.98 Å². The average Bonchev–Trinajstić information content (AvgIpc) is 3.30. The van der Waals surface area contributed by atoms with Crippen LogP contribution < -0.4 is 4.72 Å². The lowest BCUT2D eigenvalue weighted by Gasteiger charge is -2.11. The fourth-order valence-electron chi connectivity index (χ4n) is 2.44. The van der Waals surface area contributed by atoms with E-state index >= 15 is 0 Å². The fraction of sp³-hybridized carbons (Fsp3) is 0.0588. The van der Waals surface area contributed by atoms with Gasteiger partial charge in [0.2, 0.25) is 5.09 Å². The molecule has 2 aromatic carbocycles. The van der Waals surface area contributed by atoms with E-state index in [0.717, 1.165) is 0 Å². The first kappa shape index (κ1) is 17.9. The highest BCUT2D eigenvalue weighted by Gasteiger charge is 2.21. The normalized spacial score (nSPS) is 11.7. The number of para-hydroxylation sites is 1. The summed E-state index contributed by atoms with van der Waals surface area (Å²) < 4.78 is 33.6. The number of thioether (sulfide) groups is 1. The van der Waals surface area contributed by atoms with E-state index in [9.17, 15) is 8.42 Å². The van der Waals surface area contributed by atoms with Gasteiger partial charge in [0.25, 0.3) is 10.0 Å². The highest BCUT2D eigenvalue weighted by atomic mass is 35.5. The molecule has 2 aromatic heterocycles. The van der Waals surface area contributed by atoms with Crippen LogP contribution in [0.5, 0.6) is 0 Å². The number of anilines is 1. The number of nitrogens with one attached hydrogen (secondary N) is 2. The predicted molar refractivity (Wildman–Crippen MR) is 104 cm³/mol. The van der Waals surface area contributed by atoms with Crippen molar-refractivity contribution < 1.29 is 12.8 Å². The molecule has 0 atom stereocenters. The first-order valence-electron chi connectivity index (χ1n) is 7.79. The Bertz CT molecular complexity index is 1160. The van der Waals surface area contributed by atoms with Gasteiger partial charge in [-0.1, -0.05) is 29.8 Å². The van der Waals surface area contributed by atoms with E-state index < -0.39 is 10.0 Å². The summed E-state index contributed by atoms with van der Waals surface area (Å²) in [7, 11) is -3.91. The molecule has 2 N–H and O–H groups in total. The summed E-state index contributed by atoms with van der Waals surface area (Å²) in [5.74, 6) is 1.18. The zero-order valence-corrected chi connectivity index (χ0v) is 16.1. The van der Waals surface area contributed by atoms with Crippen LogP contribution in [-0.2, 0) is 15.8 Å². The molecule has 0 radical (unpaired) electrons. The minimum atomic E-state index is -3.91. The molecule has 0 saturated carbocycles. The maximum absolute atomic E-state index is 12.8. The van der Waals surface area contributed by atoms with Crippen LogP contribution in [0.1, 0.15) is 5.82 Å². The Morgan fingerprint density at radius 3 is 2.81 bits per heavy atom. The molecule has 0 unspecified atom stereocenters. The van der Waals surface area contributed by atoms with E-state index in [2.05, 4.69) is 19.9 Å². The van der Waals surface area contributed by atoms with Gasteiger partial charge >= 0.3 is 0 Å². The summed E-state index contributed by atoms with van der Waals surface area (Å²) in [6.45, 7) is 0. The van der Waals surface area contributed by atoms with Crippen molar-refractivity contribution in [3.63, 3.8) is 0 Å². The van der Waals surface area contributed by atoms with E-state index in [1.807, 2.05) is 6.07 Å². The summed E-state index contributed by atoms with van der Waals surface area (Å²) in [4.78, 5) is 4.76. The van der Waals surface area contributed by atoms with Crippen LogP contribution >= 0.6 is 23.4 Å². The van der Waals surface area contributed by atoms with Gasteiger partial charge in [0.1, 0.15) is 17.7 Å². The van der Waals surface area contributed by atoms with Crippen molar-refractivity contribution in [2.24, 2.45) is 0 Å². The van der Waals surface area contributed by atoms with Crippen LogP contribution in [0.15, 0.2) is 69.3 Å². The molecule has 0 aliphatic carbocycles. The van der Waals surface area contributed by atoms with Crippen molar-refractivity contribution in [3.8, 4) is 0 Å². The van der Waals surface area contributed by atoms with Crippen molar-refractivity contribution in [2.75, 3.05) is 4.72 Å². The van der Waals surface area contributed by atoms with Crippen molar-refractivity contribution in [1.82, 2.24) is 15.2 Å². The number of nitrogens with zero attached hydrogens (tertiary/aromatic N) is 2. The van der Waals surface area contributed by atoms with Crippen molar-refractivity contribution in [3.05, 3.63) is 65.7 Å². The zero-order chi connectivity index (χ0) is 18.9. The van der Waals surface area contributed by atoms with Gasteiger partial charge in [-0.2, -0.15) is 13.5 Å². The third-order valence-corrected chi connectivity index (χ3v) is 6.22. The van der Waals surface area contributed by atoms with Crippen LogP contribution in [0.3, 0.4) is 0 Å². The molecule has 0 spiro atoms. The smallest absolute Gasteiger partial charge is 0.295 e. The topological polar surface area (TPSA) is 101 Å². The van der Waals surface area contributed by atoms with Gasteiger partial charge < -0.3 is 4.42 Å². The molecule has 0 aliphatic heterocycles. The quantitative estimate of drug-likeness (QED) is 0.451. The Balaban J connectivity index is 1.63. The molecule has 2 heterocycles. The number of benzene rings is 2. The maximum Gasteiger partial charge on any atom is 0.295 e. The average molecular weight is 421 g/mol. The van der Waals surface area contributed by atoms with Gasteiger partial charge in [-0.05, 0) is 24.3 Å². The zero-order valence-electron chi connectivity index (χ0n) is 13.7. The van der Waals surface area contributed by atoms with Gasteiger partial charge in [0, 0.05) is 21.4 Å². The molecular formula is C17H13ClN4O3S2. The van der Waals surface area contributed by atoms with Crippen molar-refractivity contribution in [2.45, 2.75) is 15.7 Å². The third-order valence-electron chi connectivity index (χ3n) is 3.68. The SMILES string of the molecule is O=S(=O)(Nc1cc(Cl)ccc1SCc1ncn[nH]1)c1cc2ccccc2o1. The Labute approximate surface area is 164 Å². The number of H-pyrrole nitrogens is 1. The Kier molecular flexibility index (Phi) is 4.81. The minimum absolute atomic E-state index is 0.158. The van der Waals surface area contributed by atoms with Crippen molar-refractivity contribution in [1.29, 1.82) is 0 Å². The van der Waals surface area contributed by atoms with E-state index in [4.69, 9.17) is 16.0 Å². The molecular weight excluding hydrogens is 408 g/mol. The molecule has 0 saturated heterocycles. The number of aromatic amines is 1. The summed E-state index contributed by atoms with van der Waals surface area (Å²) in [6, 6.07) is 13.6. The second-order valence-corrected chi connectivity index (χ2v) is 8.64. The molecule has 0 bridgehead atoms. The molecule has 138 valence electrons. The minimum Gasteiger partial charge on any atom is -0.443 e. The fourth-order valence-corrected chi connectivity index (χ4v) is 4.58. The maximum atomic E-state index is 12.8. The van der Waals surface area contributed by atoms with Crippen LogP contribution in [-0.4, -0.2) is 23.6 Å². The second-order valence-electron chi connectivity index (χ2n) is 5.57. The van der Waals surface area contributed by atoms with E-state index in [1.165, 1.54) is 24.2 Å². The Morgan fingerprint density at radius 1 is 1.19 bits per heavy atom. The molecule has 4 aromatic rings. The lowest BCUT2D eigenvalue weighted by molar-refractivity contribution is 0.484. The number of hydrogen-bond donors (Lipinski definition) is 2. The molecule has 0 fully saturated rings.